The van der Waals surface area contributed by atoms with Gasteiger partial charge in [-0.3, -0.25) is 0 Å². The molecule has 0 bridgehead atoms. The summed E-state index contributed by atoms with van der Waals surface area (Å²) in [6.07, 6.45) is 0. The summed E-state index contributed by atoms with van der Waals surface area (Å²) in [7, 11) is 2.00. The Bertz CT molecular complexity index is 577. The first kappa shape index (κ1) is 14.6. The van der Waals surface area contributed by atoms with Crippen molar-refractivity contribution >= 4 is 0 Å². The van der Waals surface area contributed by atoms with Crippen LogP contribution >= 0.6 is 0 Å². The van der Waals surface area contributed by atoms with Crippen molar-refractivity contribution in [1.29, 1.82) is 0 Å². The molecule has 20 heavy (non-hydrogen) atoms. The van der Waals surface area contributed by atoms with Crippen LogP contribution in [0.25, 0.3) is 0 Å². The molecule has 1 N–H and O–H groups in total. The van der Waals surface area contributed by atoms with Gasteiger partial charge in [0.2, 0.25) is 0 Å². The monoisotopic (exact) mass is 269 g/mol. The summed E-state index contributed by atoms with van der Waals surface area (Å²) >= 11 is 0. The average Bonchev–Trinajstić information content (AvgIpc) is 2.46. The lowest BCUT2D eigenvalue weighted by atomic mass is 9.92. The minimum atomic E-state index is 0.151. The predicted molar refractivity (Wildman–Crippen MR) is 84.4 cm³/mol. The standard InChI is InChI=1S/C18H23NO/c1-5-20-17-12-7-6-10-16(17)18(19-4)15-11-8-9-13(2)14(15)3/h6-12,18-19H,5H2,1-4H3. The molecule has 0 radical (unpaired) electrons. The van der Waals surface area contributed by atoms with Gasteiger partial charge in [0, 0.05) is 5.56 Å². The summed E-state index contributed by atoms with van der Waals surface area (Å²) in [5.74, 6) is 0.954. The zero-order valence-corrected chi connectivity index (χ0v) is 12.7. The van der Waals surface area contributed by atoms with E-state index in [2.05, 4.69) is 49.5 Å². The van der Waals surface area contributed by atoms with E-state index < -0.39 is 0 Å². The van der Waals surface area contributed by atoms with Crippen LogP contribution in [0.3, 0.4) is 0 Å². The first-order valence-corrected chi connectivity index (χ1v) is 7.14. The van der Waals surface area contributed by atoms with Crippen molar-refractivity contribution in [3.05, 3.63) is 64.7 Å². The first-order valence-electron chi connectivity index (χ1n) is 7.14. The fraction of sp³-hybridized carbons (Fsp3) is 0.333. The van der Waals surface area contributed by atoms with Gasteiger partial charge in [0.15, 0.2) is 0 Å². The highest BCUT2D eigenvalue weighted by atomic mass is 16.5. The van der Waals surface area contributed by atoms with Crippen molar-refractivity contribution in [2.24, 2.45) is 0 Å². The van der Waals surface area contributed by atoms with Crippen LogP contribution < -0.4 is 10.1 Å². The molecule has 0 aliphatic rings. The Morgan fingerprint density at radius 3 is 2.40 bits per heavy atom. The number of aryl methyl sites for hydroxylation is 1. The van der Waals surface area contributed by atoms with E-state index >= 15 is 0 Å². The second kappa shape index (κ2) is 6.58. The van der Waals surface area contributed by atoms with Crippen LogP contribution in [0.5, 0.6) is 5.75 Å². The third-order valence-corrected chi connectivity index (χ3v) is 3.78. The Morgan fingerprint density at radius 2 is 1.70 bits per heavy atom. The molecule has 2 nitrogen and oxygen atoms in total. The van der Waals surface area contributed by atoms with Crippen molar-refractivity contribution < 1.29 is 4.74 Å². The molecule has 0 saturated heterocycles. The molecule has 0 aliphatic carbocycles. The van der Waals surface area contributed by atoms with Gasteiger partial charge >= 0.3 is 0 Å². The number of ether oxygens (including phenoxy) is 1. The topological polar surface area (TPSA) is 21.3 Å². The van der Waals surface area contributed by atoms with Crippen molar-refractivity contribution in [1.82, 2.24) is 5.32 Å². The molecule has 2 aromatic carbocycles. The molecule has 0 spiro atoms. The van der Waals surface area contributed by atoms with Crippen molar-refractivity contribution in [3.63, 3.8) is 0 Å². The third-order valence-electron chi connectivity index (χ3n) is 3.78. The molecule has 2 heteroatoms. The number of benzene rings is 2. The van der Waals surface area contributed by atoms with Crippen LogP contribution in [0.4, 0.5) is 0 Å². The second-order valence-corrected chi connectivity index (χ2v) is 4.98. The van der Waals surface area contributed by atoms with Gasteiger partial charge in [-0.15, -0.1) is 0 Å². The zero-order valence-electron chi connectivity index (χ0n) is 12.7. The van der Waals surface area contributed by atoms with E-state index in [0.29, 0.717) is 6.61 Å². The molecule has 0 aliphatic heterocycles. The van der Waals surface area contributed by atoms with Gasteiger partial charge in [0.25, 0.3) is 0 Å². The van der Waals surface area contributed by atoms with Gasteiger partial charge in [-0.2, -0.15) is 0 Å². The van der Waals surface area contributed by atoms with Crippen LogP contribution in [0.2, 0.25) is 0 Å². The van der Waals surface area contributed by atoms with Gasteiger partial charge in [0.05, 0.1) is 12.6 Å². The SMILES string of the molecule is CCOc1ccccc1C(NC)c1cccc(C)c1C. The van der Waals surface area contributed by atoms with Gasteiger partial charge in [-0.25, -0.2) is 0 Å². The number of rotatable bonds is 5. The summed E-state index contributed by atoms with van der Waals surface area (Å²) in [5, 5.41) is 3.42. The van der Waals surface area contributed by atoms with Gasteiger partial charge in [-0.1, -0.05) is 36.4 Å². The van der Waals surface area contributed by atoms with Crippen LogP contribution in [0.15, 0.2) is 42.5 Å². The Kier molecular flexibility index (Phi) is 4.80. The fourth-order valence-electron chi connectivity index (χ4n) is 2.57. The highest BCUT2D eigenvalue weighted by Crippen LogP contribution is 2.32. The summed E-state index contributed by atoms with van der Waals surface area (Å²) in [5.41, 5.74) is 5.14. The largest absolute Gasteiger partial charge is 0.494 e. The van der Waals surface area contributed by atoms with Gasteiger partial charge in [0.1, 0.15) is 5.75 Å². The van der Waals surface area contributed by atoms with Crippen LogP contribution in [-0.2, 0) is 0 Å². The van der Waals surface area contributed by atoms with E-state index in [4.69, 9.17) is 4.74 Å². The molecule has 0 saturated carbocycles. The predicted octanol–water partition coefficient (Wildman–Crippen LogP) is 4.01. The van der Waals surface area contributed by atoms with E-state index in [-0.39, 0.29) is 6.04 Å². The molecule has 1 atom stereocenters. The third kappa shape index (κ3) is 2.86. The fourth-order valence-corrected chi connectivity index (χ4v) is 2.57. The Hall–Kier alpha value is -1.80. The van der Waals surface area contributed by atoms with Crippen molar-refractivity contribution in [2.45, 2.75) is 26.8 Å². The number of nitrogens with one attached hydrogen (secondary N) is 1. The molecule has 1 unspecified atom stereocenters. The molecular formula is C18H23NO. The minimum Gasteiger partial charge on any atom is -0.494 e. The van der Waals surface area contributed by atoms with Crippen LogP contribution in [0.1, 0.15) is 35.2 Å². The van der Waals surface area contributed by atoms with Crippen molar-refractivity contribution in [3.8, 4) is 5.75 Å². The Labute approximate surface area is 121 Å². The summed E-state index contributed by atoms with van der Waals surface area (Å²) < 4.78 is 5.77. The quantitative estimate of drug-likeness (QED) is 0.885. The molecule has 2 rings (SSSR count). The normalized spacial score (nSPS) is 12.2. The van der Waals surface area contributed by atoms with Gasteiger partial charge in [-0.05, 0) is 50.6 Å². The molecular weight excluding hydrogens is 246 g/mol. The summed E-state index contributed by atoms with van der Waals surface area (Å²) in [6.45, 7) is 7.03. The molecule has 0 aromatic heterocycles. The lowest BCUT2D eigenvalue weighted by Gasteiger charge is -2.22. The molecule has 106 valence electrons. The molecule has 0 fully saturated rings. The average molecular weight is 269 g/mol. The molecule has 0 heterocycles. The number of hydrogen-bond donors (Lipinski definition) is 1. The molecule has 2 aromatic rings. The van der Waals surface area contributed by atoms with Crippen molar-refractivity contribution in [2.75, 3.05) is 13.7 Å². The zero-order chi connectivity index (χ0) is 14.5. The number of hydrogen-bond acceptors (Lipinski definition) is 2. The summed E-state index contributed by atoms with van der Waals surface area (Å²) in [6, 6.07) is 14.9. The summed E-state index contributed by atoms with van der Waals surface area (Å²) in [4.78, 5) is 0. The maximum absolute atomic E-state index is 5.77. The van der Waals surface area contributed by atoms with E-state index in [1.54, 1.807) is 0 Å². The van der Waals surface area contributed by atoms with Crippen LogP contribution in [-0.4, -0.2) is 13.7 Å². The Balaban J connectivity index is 2.50. The van der Waals surface area contributed by atoms with E-state index in [1.807, 2.05) is 26.1 Å². The molecule has 0 amide bonds. The Morgan fingerprint density at radius 1 is 1.00 bits per heavy atom. The number of para-hydroxylation sites is 1. The maximum atomic E-state index is 5.77. The highest BCUT2D eigenvalue weighted by molar-refractivity contribution is 5.45. The minimum absolute atomic E-state index is 0.151. The maximum Gasteiger partial charge on any atom is 0.124 e. The van der Waals surface area contributed by atoms with Gasteiger partial charge < -0.3 is 10.1 Å². The second-order valence-electron chi connectivity index (χ2n) is 4.98. The smallest absolute Gasteiger partial charge is 0.124 e. The lowest BCUT2D eigenvalue weighted by Crippen LogP contribution is -2.20. The van der Waals surface area contributed by atoms with Crippen LogP contribution in [0, 0.1) is 13.8 Å². The highest BCUT2D eigenvalue weighted by Gasteiger charge is 2.18. The first-order chi connectivity index (χ1) is 9.69. The lowest BCUT2D eigenvalue weighted by molar-refractivity contribution is 0.334. The van der Waals surface area contributed by atoms with E-state index in [9.17, 15) is 0 Å². The van der Waals surface area contributed by atoms with E-state index in [0.717, 1.165) is 5.75 Å². The van der Waals surface area contributed by atoms with E-state index in [1.165, 1.54) is 22.3 Å².